The van der Waals surface area contributed by atoms with Gasteiger partial charge < -0.3 is 10.2 Å². The first-order chi connectivity index (χ1) is 11.5. The molecule has 1 N–H and O–H groups in total. The van der Waals surface area contributed by atoms with E-state index in [1.807, 2.05) is 17.9 Å². The lowest BCUT2D eigenvalue weighted by Crippen LogP contribution is -2.43. The van der Waals surface area contributed by atoms with Crippen molar-refractivity contribution < 1.29 is 14.0 Å². The summed E-state index contributed by atoms with van der Waals surface area (Å²) in [4.78, 5) is 25.4. The number of likely N-dealkylation sites (tertiary alicyclic amines) is 1. The molecule has 2 rings (SSSR count). The highest BCUT2D eigenvalue weighted by atomic mass is 19.1. The molecule has 0 radical (unpaired) electrons. The molecule has 132 valence electrons. The number of aryl methyl sites for hydroxylation is 1. The standard InChI is InChI=1S/C19H27FN2O2/c1-14(7-8-17-5-3-4-6-18(17)20)19(24)22-11-9-16(10-12-22)13-21-15(2)23/h3-6,14,16H,7-13H2,1-2H3,(H,21,23)/t14-/m1/s1. The average Bonchev–Trinajstić information content (AvgIpc) is 2.58. The molecule has 4 nitrogen and oxygen atoms in total. The smallest absolute Gasteiger partial charge is 0.225 e. The number of carbonyl (C=O) groups is 2. The zero-order valence-electron chi connectivity index (χ0n) is 14.6. The minimum atomic E-state index is -0.198. The molecule has 1 aromatic rings. The summed E-state index contributed by atoms with van der Waals surface area (Å²) in [5.74, 6) is 0.304. The van der Waals surface area contributed by atoms with Crippen molar-refractivity contribution in [2.45, 2.75) is 39.5 Å². The number of hydrogen-bond donors (Lipinski definition) is 1. The molecular formula is C19H27FN2O2. The maximum atomic E-state index is 13.6. The van der Waals surface area contributed by atoms with Crippen LogP contribution >= 0.6 is 0 Å². The van der Waals surface area contributed by atoms with Crippen molar-refractivity contribution in [3.05, 3.63) is 35.6 Å². The van der Waals surface area contributed by atoms with Crippen LogP contribution in [0.15, 0.2) is 24.3 Å². The fourth-order valence-corrected chi connectivity index (χ4v) is 3.15. The van der Waals surface area contributed by atoms with E-state index in [0.29, 0.717) is 30.9 Å². The molecule has 0 unspecified atom stereocenters. The lowest BCUT2D eigenvalue weighted by molar-refractivity contribution is -0.136. The second-order valence-corrected chi connectivity index (χ2v) is 6.74. The van der Waals surface area contributed by atoms with Crippen LogP contribution < -0.4 is 5.32 Å². The van der Waals surface area contributed by atoms with Crippen LogP contribution in [0.25, 0.3) is 0 Å². The zero-order chi connectivity index (χ0) is 17.5. The lowest BCUT2D eigenvalue weighted by Gasteiger charge is -2.33. The molecule has 5 heteroatoms. The molecular weight excluding hydrogens is 307 g/mol. The molecule has 0 aliphatic carbocycles. The quantitative estimate of drug-likeness (QED) is 0.870. The topological polar surface area (TPSA) is 49.4 Å². The van der Waals surface area contributed by atoms with E-state index < -0.39 is 0 Å². The minimum absolute atomic E-state index is 0.00438. The Morgan fingerprint density at radius 1 is 1.29 bits per heavy atom. The predicted octanol–water partition coefficient (Wildman–Crippen LogP) is 2.77. The zero-order valence-corrected chi connectivity index (χ0v) is 14.6. The van der Waals surface area contributed by atoms with E-state index in [2.05, 4.69) is 5.32 Å². The normalized spacial score (nSPS) is 16.7. The highest BCUT2D eigenvalue weighted by Gasteiger charge is 2.26. The Labute approximate surface area is 143 Å². The highest BCUT2D eigenvalue weighted by Crippen LogP contribution is 2.20. The van der Waals surface area contributed by atoms with E-state index in [9.17, 15) is 14.0 Å². The van der Waals surface area contributed by atoms with Crippen LogP contribution in [0.2, 0.25) is 0 Å². The number of carbonyl (C=O) groups excluding carboxylic acids is 2. The second kappa shape index (κ2) is 8.81. The van der Waals surface area contributed by atoms with E-state index in [-0.39, 0.29) is 23.5 Å². The maximum absolute atomic E-state index is 13.6. The van der Waals surface area contributed by atoms with E-state index >= 15 is 0 Å². The van der Waals surface area contributed by atoms with Gasteiger partial charge in [-0.1, -0.05) is 25.1 Å². The van der Waals surface area contributed by atoms with Crippen LogP contribution in [0.3, 0.4) is 0 Å². The lowest BCUT2D eigenvalue weighted by atomic mass is 9.94. The molecule has 1 aliphatic heterocycles. The van der Waals surface area contributed by atoms with Crippen molar-refractivity contribution >= 4 is 11.8 Å². The molecule has 1 aliphatic rings. The third-order valence-electron chi connectivity index (χ3n) is 4.79. The first-order valence-electron chi connectivity index (χ1n) is 8.74. The van der Waals surface area contributed by atoms with Crippen molar-refractivity contribution in [3.63, 3.8) is 0 Å². The SMILES string of the molecule is CC(=O)NCC1CCN(C(=O)[C@H](C)CCc2ccccc2F)CC1. The van der Waals surface area contributed by atoms with Gasteiger partial charge in [0, 0.05) is 32.5 Å². The fourth-order valence-electron chi connectivity index (χ4n) is 3.15. The van der Waals surface area contributed by atoms with Gasteiger partial charge in [0.05, 0.1) is 0 Å². The molecule has 0 saturated carbocycles. The summed E-state index contributed by atoms with van der Waals surface area (Å²) in [6.45, 7) is 5.63. The molecule has 1 aromatic carbocycles. The average molecular weight is 334 g/mol. The largest absolute Gasteiger partial charge is 0.356 e. The Hall–Kier alpha value is -1.91. The minimum Gasteiger partial charge on any atom is -0.356 e. The van der Waals surface area contributed by atoms with Crippen molar-refractivity contribution in [1.29, 1.82) is 0 Å². The van der Waals surface area contributed by atoms with Crippen molar-refractivity contribution in [2.24, 2.45) is 11.8 Å². The Kier molecular flexibility index (Phi) is 6.76. The number of halogens is 1. The van der Waals surface area contributed by atoms with Crippen LogP contribution in [-0.4, -0.2) is 36.3 Å². The summed E-state index contributed by atoms with van der Waals surface area (Å²) >= 11 is 0. The summed E-state index contributed by atoms with van der Waals surface area (Å²) in [7, 11) is 0. The summed E-state index contributed by atoms with van der Waals surface area (Å²) in [5.41, 5.74) is 0.672. The number of nitrogens with one attached hydrogen (secondary N) is 1. The van der Waals surface area contributed by atoms with Gasteiger partial charge in [-0.05, 0) is 43.2 Å². The Balaban J connectivity index is 1.76. The number of piperidine rings is 1. The van der Waals surface area contributed by atoms with Crippen LogP contribution in [-0.2, 0) is 16.0 Å². The van der Waals surface area contributed by atoms with Gasteiger partial charge in [0.2, 0.25) is 11.8 Å². The van der Waals surface area contributed by atoms with Gasteiger partial charge >= 0.3 is 0 Å². The number of nitrogens with zero attached hydrogens (tertiary/aromatic N) is 1. The number of benzene rings is 1. The summed E-state index contributed by atoms with van der Waals surface area (Å²) < 4.78 is 13.6. The molecule has 1 heterocycles. The molecule has 0 bridgehead atoms. The van der Waals surface area contributed by atoms with Crippen LogP contribution in [0.5, 0.6) is 0 Å². The van der Waals surface area contributed by atoms with E-state index in [0.717, 1.165) is 25.9 Å². The molecule has 1 saturated heterocycles. The third kappa shape index (κ3) is 5.32. The van der Waals surface area contributed by atoms with Gasteiger partial charge in [0.1, 0.15) is 5.82 Å². The van der Waals surface area contributed by atoms with Crippen LogP contribution in [0, 0.1) is 17.7 Å². The highest BCUT2D eigenvalue weighted by molar-refractivity contribution is 5.78. The third-order valence-corrected chi connectivity index (χ3v) is 4.79. The summed E-state index contributed by atoms with van der Waals surface area (Å²) in [6, 6.07) is 6.74. The number of hydrogen-bond acceptors (Lipinski definition) is 2. The fraction of sp³-hybridized carbons (Fsp3) is 0.579. The molecule has 1 atom stereocenters. The second-order valence-electron chi connectivity index (χ2n) is 6.74. The van der Waals surface area contributed by atoms with Gasteiger partial charge in [-0.25, -0.2) is 4.39 Å². The van der Waals surface area contributed by atoms with Gasteiger partial charge in [0.15, 0.2) is 0 Å². The van der Waals surface area contributed by atoms with Crippen molar-refractivity contribution in [3.8, 4) is 0 Å². The Morgan fingerprint density at radius 3 is 2.58 bits per heavy atom. The van der Waals surface area contributed by atoms with Crippen molar-refractivity contribution in [2.75, 3.05) is 19.6 Å². The molecule has 24 heavy (non-hydrogen) atoms. The predicted molar refractivity (Wildman–Crippen MR) is 91.9 cm³/mol. The van der Waals surface area contributed by atoms with Crippen molar-refractivity contribution in [1.82, 2.24) is 10.2 Å². The van der Waals surface area contributed by atoms with E-state index in [4.69, 9.17) is 0 Å². The monoisotopic (exact) mass is 334 g/mol. The van der Waals surface area contributed by atoms with Crippen LogP contribution in [0.1, 0.15) is 38.7 Å². The first kappa shape index (κ1) is 18.4. The summed E-state index contributed by atoms with van der Waals surface area (Å²) in [6.07, 6.45) is 3.09. The molecule has 1 fully saturated rings. The van der Waals surface area contributed by atoms with Crippen LogP contribution in [0.4, 0.5) is 4.39 Å². The summed E-state index contributed by atoms with van der Waals surface area (Å²) in [5, 5.41) is 2.85. The Bertz CT molecular complexity index is 568. The van der Waals surface area contributed by atoms with Gasteiger partial charge in [-0.15, -0.1) is 0 Å². The first-order valence-corrected chi connectivity index (χ1v) is 8.74. The number of rotatable bonds is 6. The number of amides is 2. The van der Waals surface area contributed by atoms with Gasteiger partial charge in [-0.3, -0.25) is 9.59 Å². The molecule has 2 amide bonds. The van der Waals surface area contributed by atoms with Gasteiger partial charge in [-0.2, -0.15) is 0 Å². The van der Waals surface area contributed by atoms with E-state index in [1.165, 1.54) is 13.0 Å². The maximum Gasteiger partial charge on any atom is 0.225 e. The Morgan fingerprint density at radius 2 is 1.96 bits per heavy atom. The van der Waals surface area contributed by atoms with E-state index in [1.54, 1.807) is 12.1 Å². The van der Waals surface area contributed by atoms with Gasteiger partial charge in [0.25, 0.3) is 0 Å². The molecule has 0 spiro atoms. The molecule has 0 aromatic heterocycles.